The summed E-state index contributed by atoms with van der Waals surface area (Å²) in [5.74, 6) is 0.211. The van der Waals surface area contributed by atoms with Crippen LogP contribution in [-0.2, 0) is 11.2 Å². The first-order chi connectivity index (χ1) is 9.36. The van der Waals surface area contributed by atoms with Crippen molar-refractivity contribution in [1.29, 1.82) is 0 Å². The van der Waals surface area contributed by atoms with Crippen LogP contribution in [-0.4, -0.2) is 24.0 Å². The van der Waals surface area contributed by atoms with E-state index in [1.807, 2.05) is 35.7 Å². The predicted molar refractivity (Wildman–Crippen MR) is 76.6 cm³/mol. The molecule has 0 bridgehead atoms. The number of Topliss-reactive ketones (excluding diaryl/α,β-unsaturated/α-hetero) is 1. The minimum Gasteiger partial charge on any atom is -0.381 e. The molecule has 2 aromatic heterocycles. The molecule has 0 aliphatic heterocycles. The van der Waals surface area contributed by atoms with Crippen molar-refractivity contribution in [2.45, 2.75) is 19.3 Å². The van der Waals surface area contributed by atoms with Crippen molar-refractivity contribution in [3.05, 3.63) is 52.5 Å². The molecular formula is C15H17NO2S. The lowest BCUT2D eigenvalue weighted by atomic mass is 10.2. The van der Waals surface area contributed by atoms with Gasteiger partial charge in [0.1, 0.15) is 0 Å². The summed E-state index contributed by atoms with van der Waals surface area (Å²) < 4.78 is 5.52. The highest BCUT2D eigenvalue weighted by Crippen LogP contribution is 2.12. The highest BCUT2D eigenvalue weighted by molar-refractivity contribution is 7.12. The van der Waals surface area contributed by atoms with Crippen LogP contribution in [0.3, 0.4) is 0 Å². The van der Waals surface area contributed by atoms with Gasteiger partial charge in [-0.25, -0.2) is 0 Å². The number of carbonyl (C=O) groups is 1. The van der Waals surface area contributed by atoms with E-state index in [1.165, 1.54) is 11.3 Å². The Hall–Kier alpha value is -1.52. The van der Waals surface area contributed by atoms with Crippen molar-refractivity contribution < 1.29 is 9.53 Å². The highest BCUT2D eigenvalue weighted by Gasteiger charge is 2.05. The van der Waals surface area contributed by atoms with Gasteiger partial charge in [-0.15, -0.1) is 11.3 Å². The number of carbonyl (C=O) groups excluding carboxylic acids is 1. The van der Waals surface area contributed by atoms with E-state index in [-0.39, 0.29) is 5.78 Å². The Labute approximate surface area is 117 Å². The van der Waals surface area contributed by atoms with Gasteiger partial charge >= 0.3 is 0 Å². The lowest BCUT2D eigenvalue weighted by Crippen LogP contribution is -2.04. The lowest BCUT2D eigenvalue weighted by Gasteiger charge is -2.03. The SMILES string of the molecule is O=C(CCCOCCc1ccccn1)c1cccs1. The number of pyridine rings is 1. The third-order valence-electron chi connectivity index (χ3n) is 2.72. The largest absolute Gasteiger partial charge is 0.381 e. The van der Waals surface area contributed by atoms with Crippen LogP contribution in [0.25, 0.3) is 0 Å². The van der Waals surface area contributed by atoms with Crippen LogP contribution in [0.2, 0.25) is 0 Å². The summed E-state index contributed by atoms with van der Waals surface area (Å²) in [4.78, 5) is 16.8. The van der Waals surface area contributed by atoms with Crippen LogP contribution in [0, 0.1) is 0 Å². The highest BCUT2D eigenvalue weighted by atomic mass is 32.1. The average molecular weight is 275 g/mol. The number of hydrogen-bond acceptors (Lipinski definition) is 4. The van der Waals surface area contributed by atoms with Crippen molar-refractivity contribution in [3.63, 3.8) is 0 Å². The van der Waals surface area contributed by atoms with Gasteiger partial charge in [-0.05, 0) is 30.0 Å². The van der Waals surface area contributed by atoms with Crippen molar-refractivity contribution >= 4 is 17.1 Å². The quantitative estimate of drug-likeness (QED) is 0.548. The van der Waals surface area contributed by atoms with Gasteiger partial charge in [0.2, 0.25) is 0 Å². The summed E-state index contributed by atoms with van der Waals surface area (Å²) in [6.07, 6.45) is 3.94. The van der Waals surface area contributed by atoms with E-state index in [0.29, 0.717) is 19.6 Å². The molecule has 4 heteroatoms. The standard InChI is InChI=1S/C15H17NO2S/c17-14(15-7-4-12-19-15)6-3-10-18-11-8-13-5-1-2-9-16-13/h1-2,4-5,7,9,12H,3,6,8,10-11H2. The van der Waals surface area contributed by atoms with Crippen molar-refractivity contribution in [2.24, 2.45) is 0 Å². The molecule has 19 heavy (non-hydrogen) atoms. The molecule has 0 atom stereocenters. The zero-order valence-corrected chi connectivity index (χ0v) is 11.6. The number of aromatic nitrogens is 1. The second-order valence-corrected chi connectivity index (χ2v) is 5.14. The predicted octanol–water partition coefficient (Wildman–Crippen LogP) is 3.37. The molecule has 0 amide bonds. The molecule has 0 N–H and O–H groups in total. The third kappa shape index (κ3) is 4.93. The van der Waals surface area contributed by atoms with Gasteiger partial charge in [-0.1, -0.05) is 12.1 Å². The fourth-order valence-corrected chi connectivity index (χ4v) is 2.41. The van der Waals surface area contributed by atoms with Gasteiger partial charge in [0.25, 0.3) is 0 Å². The maximum Gasteiger partial charge on any atom is 0.172 e. The van der Waals surface area contributed by atoms with Crippen LogP contribution in [0.4, 0.5) is 0 Å². The minimum absolute atomic E-state index is 0.211. The van der Waals surface area contributed by atoms with E-state index in [2.05, 4.69) is 4.98 Å². The Morgan fingerprint density at radius 1 is 1.21 bits per heavy atom. The second kappa shape index (κ2) is 7.81. The number of ketones is 1. The zero-order chi connectivity index (χ0) is 13.3. The van der Waals surface area contributed by atoms with Crippen molar-refractivity contribution in [2.75, 3.05) is 13.2 Å². The summed E-state index contributed by atoms with van der Waals surface area (Å²) in [5.41, 5.74) is 1.04. The molecule has 3 nitrogen and oxygen atoms in total. The molecule has 0 saturated heterocycles. The Bertz CT molecular complexity index is 482. The first-order valence-electron chi connectivity index (χ1n) is 6.40. The topological polar surface area (TPSA) is 39.2 Å². The molecule has 0 fully saturated rings. The second-order valence-electron chi connectivity index (χ2n) is 4.19. The van der Waals surface area contributed by atoms with E-state index in [0.717, 1.165) is 23.4 Å². The molecule has 0 aliphatic rings. The summed E-state index contributed by atoms with van der Waals surface area (Å²) in [6.45, 7) is 1.29. The maximum atomic E-state index is 11.7. The van der Waals surface area contributed by atoms with E-state index in [4.69, 9.17) is 4.74 Å². The van der Waals surface area contributed by atoms with E-state index >= 15 is 0 Å². The third-order valence-corrected chi connectivity index (χ3v) is 3.63. The van der Waals surface area contributed by atoms with Gasteiger partial charge in [-0.2, -0.15) is 0 Å². The molecule has 2 heterocycles. The Balaban J connectivity index is 1.54. The number of rotatable bonds is 8. The molecular weight excluding hydrogens is 258 g/mol. The number of ether oxygens (including phenoxy) is 1. The van der Waals surface area contributed by atoms with Crippen LogP contribution in [0.5, 0.6) is 0 Å². The molecule has 0 radical (unpaired) electrons. The van der Waals surface area contributed by atoms with Gasteiger partial charge < -0.3 is 4.74 Å². The molecule has 2 rings (SSSR count). The summed E-state index contributed by atoms with van der Waals surface area (Å²) >= 11 is 1.50. The van der Waals surface area contributed by atoms with Crippen LogP contribution in [0.15, 0.2) is 41.9 Å². The number of thiophene rings is 1. The Kier molecular flexibility index (Phi) is 5.72. The molecule has 0 unspecified atom stereocenters. The van der Waals surface area contributed by atoms with E-state index < -0.39 is 0 Å². The van der Waals surface area contributed by atoms with Crippen LogP contribution in [0.1, 0.15) is 28.2 Å². The Morgan fingerprint density at radius 3 is 2.89 bits per heavy atom. The Morgan fingerprint density at radius 2 is 2.16 bits per heavy atom. The normalized spacial score (nSPS) is 10.5. The molecule has 2 aromatic rings. The monoisotopic (exact) mass is 275 g/mol. The molecule has 0 aromatic carbocycles. The zero-order valence-electron chi connectivity index (χ0n) is 10.7. The summed E-state index contributed by atoms with van der Waals surface area (Å²) in [6, 6.07) is 9.64. The number of nitrogens with zero attached hydrogens (tertiary/aromatic N) is 1. The molecule has 0 aliphatic carbocycles. The molecule has 100 valence electrons. The lowest BCUT2D eigenvalue weighted by molar-refractivity contribution is 0.0943. The molecule has 0 saturated carbocycles. The van der Waals surface area contributed by atoms with E-state index in [9.17, 15) is 4.79 Å². The van der Waals surface area contributed by atoms with Crippen LogP contribution >= 0.6 is 11.3 Å². The molecule has 0 spiro atoms. The smallest absolute Gasteiger partial charge is 0.172 e. The van der Waals surface area contributed by atoms with Gasteiger partial charge in [0, 0.05) is 31.3 Å². The first kappa shape index (κ1) is 13.9. The van der Waals surface area contributed by atoms with Gasteiger partial charge in [0.05, 0.1) is 11.5 Å². The number of hydrogen-bond donors (Lipinski definition) is 0. The fourth-order valence-electron chi connectivity index (χ4n) is 1.72. The van der Waals surface area contributed by atoms with Gasteiger partial charge in [-0.3, -0.25) is 9.78 Å². The summed E-state index contributed by atoms with van der Waals surface area (Å²) in [7, 11) is 0. The van der Waals surface area contributed by atoms with Crippen LogP contribution < -0.4 is 0 Å². The van der Waals surface area contributed by atoms with Gasteiger partial charge in [0.15, 0.2) is 5.78 Å². The van der Waals surface area contributed by atoms with Crippen molar-refractivity contribution in [1.82, 2.24) is 4.98 Å². The maximum absolute atomic E-state index is 11.7. The summed E-state index contributed by atoms with van der Waals surface area (Å²) in [5, 5.41) is 1.93. The van der Waals surface area contributed by atoms with Crippen molar-refractivity contribution in [3.8, 4) is 0 Å². The average Bonchev–Trinajstić information content (AvgIpc) is 2.98. The first-order valence-corrected chi connectivity index (χ1v) is 7.28. The minimum atomic E-state index is 0.211. The van der Waals surface area contributed by atoms with E-state index in [1.54, 1.807) is 6.20 Å². The fraction of sp³-hybridized carbons (Fsp3) is 0.333.